The van der Waals surface area contributed by atoms with Crippen LogP contribution in [-0.4, -0.2) is 31.6 Å². The van der Waals surface area contributed by atoms with E-state index in [-0.39, 0.29) is 12.1 Å². The highest BCUT2D eigenvalue weighted by Gasteiger charge is 2.30. The molecule has 1 amide bonds. The van der Waals surface area contributed by atoms with Crippen LogP contribution in [0.15, 0.2) is 48.5 Å². The maximum absolute atomic E-state index is 12.5. The number of amides is 1. The van der Waals surface area contributed by atoms with E-state index in [9.17, 15) is 27.6 Å². The van der Waals surface area contributed by atoms with Crippen LogP contribution in [0.5, 0.6) is 0 Å². The van der Waals surface area contributed by atoms with Gasteiger partial charge in [-0.1, -0.05) is 12.1 Å². The molecule has 28 heavy (non-hydrogen) atoms. The van der Waals surface area contributed by atoms with Crippen molar-refractivity contribution in [2.24, 2.45) is 0 Å². The van der Waals surface area contributed by atoms with Gasteiger partial charge in [-0.25, -0.2) is 9.59 Å². The lowest BCUT2D eigenvalue weighted by atomic mass is 10.1. The Morgan fingerprint density at radius 2 is 1.43 bits per heavy atom. The predicted octanol–water partition coefficient (Wildman–Crippen LogP) is 2.97. The van der Waals surface area contributed by atoms with Crippen LogP contribution in [-0.2, 0) is 27.0 Å². The molecule has 0 saturated carbocycles. The fourth-order valence-corrected chi connectivity index (χ4v) is 2.14. The number of nitrogens with one attached hydrogen (secondary N) is 1. The summed E-state index contributed by atoms with van der Waals surface area (Å²) in [6, 6.07) is 9.80. The zero-order chi connectivity index (χ0) is 20.7. The number of methoxy groups -OCH3 is 1. The van der Waals surface area contributed by atoms with Gasteiger partial charge in [0.25, 0.3) is 5.91 Å². The van der Waals surface area contributed by atoms with E-state index in [1.54, 1.807) is 12.1 Å². The van der Waals surface area contributed by atoms with Gasteiger partial charge in [-0.3, -0.25) is 4.79 Å². The van der Waals surface area contributed by atoms with Crippen molar-refractivity contribution in [2.45, 2.75) is 12.7 Å². The number of ether oxygens (including phenoxy) is 2. The van der Waals surface area contributed by atoms with Crippen molar-refractivity contribution >= 4 is 17.8 Å². The van der Waals surface area contributed by atoms with Crippen LogP contribution in [0.1, 0.15) is 31.8 Å². The average Bonchev–Trinajstić information content (AvgIpc) is 2.69. The minimum atomic E-state index is -4.50. The highest BCUT2D eigenvalue weighted by Crippen LogP contribution is 2.29. The topological polar surface area (TPSA) is 81.7 Å². The van der Waals surface area contributed by atoms with E-state index in [1.807, 2.05) is 0 Å². The average molecular weight is 395 g/mol. The van der Waals surface area contributed by atoms with Gasteiger partial charge in [0.15, 0.2) is 6.61 Å². The summed E-state index contributed by atoms with van der Waals surface area (Å²) < 4.78 is 46.8. The normalized spacial score (nSPS) is 10.9. The second kappa shape index (κ2) is 9.03. The molecule has 0 heterocycles. The molecule has 6 nitrogen and oxygen atoms in total. The van der Waals surface area contributed by atoms with Crippen LogP contribution in [0.25, 0.3) is 0 Å². The third-order valence-corrected chi connectivity index (χ3v) is 3.65. The number of alkyl halides is 3. The molecule has 0 spiro atoms. The Morgan fingerprint density at radius 3 is 1.96 bits per heavy atom. The second-order valence-electron chi connectivity index (χ2n) is 5.62. The van der Waals surface area contributed by atoms with E-state index in [0.717, 1.165) is 24.3 Å². The first kappa shape index (κ1) is 20.9. The van der Waals surface area contributed by atoms with Gasteiger partial charge in [0.05, 0.1) is 23.8 Å². The largest absolute Gasteiger partial charge is 0.465 e. The molecular formula is C19H16F3NO5. The van der Waals surface area contributed by atoms with Gasteiger partial charge in [0.2, 0.25) is 0 Å². The Balaban J connectivity index is 1.80. The maximum atomic E-state index is 12.5. The Bertz CT molecular complexity index is 845. The minimum absolute atomic E-state index is 0.0980. The molecule has 0 bridgehead atoms. The van der Waals surface area contributed by atoms with Crippen LogP contribution in [0.4, 0.5) is 13.2 Å². The highest BCUT2D eigenvalue weighted by atomic mass is 19.4. The molecule has 0 aliphatic heterocycles. The molecule has 0 fully saturated rings. The van der Waals surface area contributed by atoms with Crippen LogP contribution in [0.2, 0.25) is 0 Å². The molecule has 9 heteroatoms. The minimum Gasteiger partial charge on any atom is -0.465 e. The smallest absolute Gasteiger partial charge is 0.416 e. The fraction of sp³-hybridized carbons (Fsp3) is 0.211. The number of carbonyl (C=O) groups is 3. The molecule has 0 aliphatic rings. The van der Waals surface area contributed by atoms with Gasteiger partial charge in [-0.2, -0.15) is 13.2 Å². The quantitative estimate of drug-likeness (QED) is 0.761. The molecule has 1 N–H and O–H groups in total. The van der Waals surface area contributed by atoms with Gasteiger partial charge >= 0.3 is 18.1 Å². The van der Waals surface area contributed by atoms with Crippen LogP contribution >= 0.6 is 0 Å². The van der Waals surface area contributed by atoms with Gasteiger partial charge in [-0.05, 0) is 42.0 Å². The zero-order valence-corrected chi connectivity index (χ0v) is 14.7. The molecule has 2 aromatic rings. The third kappa shape index (κ3) is 5.83. The SMILES string of the molecule is COC(=O)c1ccc(CNC(=O)COC(=O)c2ccc(C(F)(F)F)cc2)cc1. The summed E-state index contributed by atoms with van der Waals surface area (Å²) in [6.07, 6.45) is -4.50. The van der Waals surface area contributed by atoms with Crippen molar-refractivity contribution in [2.75, 3.05) is 13.7 Å². The van der Waals surface area contributed by atoms with E-state index in [1.165, 1.54) is 19.2 Å². The molecule has 0 atom stereocenters. The number of halogens is 3. The summed E-state index contributed by atoms with van der Waals surface area (Å²) in [4.78, 5) is 34.9. The summed E-state index contributed by atoms with van der Waals surface area (Å²) in [5, 5.41) is 2.52. The van der Waals surface area contributed by atoms with E-state index in [2.05, 4.69) is 10.1 Å². The van der Waals surface area contributed by atoms with Gasteiger partial charge < -0.3 is 14.8 Å². The van der Waals surface area contributed by atoms with Crippen molar-refractivity contribution in [3.8, 4) is 0 Å². The van der Waals surface area contributed by atoms with Gasteiger partial charge in [0.1, 0.15) is 0 Å². The molecule has 148 valence electrons. The van der Waals surface area contributed by atoms with Crippen LogP contribution in [0.3, 0.4) is 0 Å². The first-order valence-electron chi connectivity index (χ1n) is 7.99. The van der Waals surface area contributed by atoms with Crippen molar-refractivity contribution in [1.82, 2.24) is 5.32 Å². The van der Waals surface area contributed by atoms with E-state index >= 15 is 0 Å². The number of carbonyl (C=O) groups excluding carboxylic acids is 3. The monoisotopic (exact) mass is 395 g/mol. The summed E-state index contributed by atoms with van der Waals surface area (Å²) in [6.45, 7) is -0.446. The van der Waals surface area contributed by atoms with Crippen LogP contribution in [0, 0.1) is 0 Å². The number of hydrogen-bond donors (Lipinski definition) is 1. The van der Waals surface area contributed by atoms with Crippen molar-refractivity contribution < 1.29 is 37.0 Å². The van der Waals surface area contributed by atoms with Crippen molar-refractivity contribution in [1.29, 1.82) is 0 Å². The van der Waals surface area contributed by atoms with Crippen molar-refractivity contribution in [3.63, 3.8) is 0 Å². The summed E-state index contributed by atoms with van der Waals surface area (Å²) >= 11 is 0. The maximum Gasteiger partial charge on any atom is 0.416 e. The summed E-state index contributed by atoms with van der Waals surface area (Å²) in [7, 11) is 1.27. The molecule has 2 aromatic carbocycles. The first-order chi connectivity index (χ1) is 13.2. The number of hydrogen-bond acceptors (Lipinski definition) is 5. The second-order valence-corrected chi connectivity index (χ2v) is 5.62. The standard InChI is InChI=1S/C19H16F3NO5/c1-27-17(25)13-4-2-12(3-5-13)10-23-16(24)11-28-18(26)14-6-8-15(9-7-14)19(20,21)22/h2-9H,10-11H2,1H3,(H,23,24). The molecular weight excluding hydrogens is 379 g/mol. The summed E-state index contributed by atoms with van der Waals surface area (Å²) in [5.41, 5.74) is 0.0809. The van der Waals surface area contributed by atoms with Gasteiger partial charge in [-0.15, -0.1) is 0 Å². The Hall–Kier alpha value is -3.36. The van der Waals surface area contributed by atoms with Gasteiger partial charge in [0, 0.05) is 6.54 Å². The van der Waals surface area contributed by atoms with E-state index < -0.39 is 36.2 Å². The van der Waals surface area contributed by atoms with Crippen LogP contribution < -0.4 is 5.32 Å². The Labute approximate surface area is 158 Å². The molecule has 2 rings (SSSR count). The molecule has 0 radical (unpaired) electrons. The third-order valence-electron chi connectivity index (χ3n) is 3.65. The highest BCUT2D eigenvalue weighted by molar-refractivity contribution is 5.91. The predicted molar refractivity (Wildman–Crippen MR) is 91.4 cm³/mol. The number of benzene rings is 2. The summed E-state index contributed by atoms with van der Waals surface area (Å²) in [5.74, 6) is -1.98. The molecule has 0 unspecified atom stereocenters. The number of rotatable bonds is 6. The lowest BCUT2D eigenvalue weighted by Gasteiger charge is -2.09. The van der Waals surface area contributed by atoms with E-state index in [4.69, 9.17) is 4.74 Å². The molecule has 0 aliphatic carbocycles. The lowest BCUT2D eigenvalue weighted by Crippen LogP contribution is -2.28. The zero-order valence-electron chi connectivity index (χ0n) is 14.7. The Morgan fingerprint density at radius 1 is 0.893 bits per heavy atom. The first-order valence-corrected chi connectivity index (χ1v) is 7.99. The van der Waals surface area contributed by atoms with E-state index in [0.29, 0.717) is 11.1 Å². The Kier molecular flexibility index (Phi) is 6.75. The fourth-order valence-electron chi connectivity index (χ4n) is 2.14. The number of esters is 2. The molecule has 0 saturated heterocycles. The van der Waals surface area contributed by atoms with Crippen molar-refractivity contribution in [3.05, 3.63) is 70.8 Å². The molecule has 0 aromatic heterocycles. The lowest BCUT2D eigenvalue weighted by molar-refractivity contribution is -0.137.